The molecule has 0 aromatic heterocycles. The fourth-order valence-corrected chi connectivity index (χ4v) is 3.88. The third kappa shape index (κ3) is 8.84. The zero-order chi connectivity index (χ0) is 26.0. The van der Waals surface area contributed by atoms with E-state index in [-0.39, 0.29) is 31.0 Å². The lowest BCUT2D eigenvalue weighted by Gasteiger charge is -2.20. The van der Waals surface area contributed by atoms with Crippen LogP contribution in [0.15, 0.2) is 48.5 Å². The number of amides is 2. The molecule has 0 heterocycles. The third-order valence-electron chi connectivity index (χ3n) is 5.65. The summed E-state index contributed by atoms with van der Waals surface area (Å²) in [5.74, 6) is 7.22. The molecule has 1 aliphatic carbocycles. The van der Waals surface area contributed by atoms with E-state index in [0.29, 0.717) is 11.5 Å². The summed E-state index contributed by atoms with van der Waals surface area (Å²) < 4.78 is 17.0. The monoisotopic (exact) mass is 492 g/mol. The molecular formula is C29H36N2O5. The minimum absolute atomic E-state index is 0.182. The Morgan fingerprint density at radius 3 is 2.42 bits per heavy atom. The molecule has 2 aromatic rings. The van der Waals surface area contributed by atoms with Gasteiger partial charge in [-0.3, -0.25) is 4.79 Å². The number of methoxy groups -OCH3 is 1. The van der Waals surface area contributed by atoms with Gasteiger partial charge in [0.1, 0.15) is 5.60 Å². The van der Waals surface area contributed by atoms with Crippen molar-refractivity contribution in [1.82, 2.24) is 10.6 Å². The number of ether oxygens (including phenoxy) is 3. The molecule has 1 fully saturated rings. The molecule has 36 heavy (non-hydrogen) atoms. The van der Waals surface area contributed by atoms with Crippen LogP contribution in [0, 0.1) is 11.8 Å². The smallest absolute Gasteiger partial charge is 0.408 e. The van der Waals surface area contributed by atoms with E-state index in [4.69, 9.17) is 14.2 Å². The minimum Gasteiger partial charge on any atom is -0.493 e. The molecule has 0 radical (unpaired) electrons. The first-order valence-electron chi connectivity index (χ1n) is 12.4. The van der Waals surface area contributed by atoms with Gasteiger partial charge in [0.2, 0.25) is 5.91 Å². The molecule has 2 amide bonds. The van der Waals surface area contributed by atoms with Gasteiger partial charge >= 0.3 is 6.09 Å². The van der Waals surface area contributed by atoms with E-state index in [2.05, 4.69) is 22.5 Å². The summed E-state index contributed by atoms with van der Waals surface area (Å²) in [5, 5.41) is 5.35. The number of alkyl carbamates (subject to hydrolysis) is 1. The summed E-state index contributed by atoms with van der Waals surface area (Å²) in [5.41, 5.74) is 1.16. The van der Waals surface area contributed by atoms with Crippen LogP contribution in [-0.4, -0.2) is 43.9 Å². The number of carbonyl (C=O) groups excluding carboxylic acids is 2. The van der Waals surface area contributed by atoms with Crippen molar-refractivity contribution in [2.24, 2.45) is 0 Å². The molecule has 0 saturated heterocycles. The lowest BCUT2D eigenvalue weighted by Crippen LogP contribution is -2.40. The Bertz CT molecular complexity index is 1080. The second-order valence-electron chi connectivity index (χ2n) is 9.78. The van der Waals surface area contributed by atoms with Gasteiger partial charge in [0.25, 0.3) is 0 Å². The standard InChI is InChI=1S/C29H36N2O5/c1-29(2,3)36-28(33)31-20-27(32)30-19-23(15-14-21-10-6-5-7-11-21)22-16-17-25(34-4)26(18-22)35-24-12-8-9-13-24/h5-7,10-11,16-18,23-24H,8-9,12-13,19-20H2,1-4H3,(H,30,32)(H,31,33). The Balaban J connectivity index is 1.73. The first-order chi connectivity index (χ1) is 17.2. The van der Waals surface area contributed by atoms with Crippen LogP contribution < -0.4 is 20.1 Å². The lowest BCUT2D eigenvalue weighted by molar-refractivity contribution is -0.120. The summed E-state index contributed by atoms with van der Waals surface area (Å²) in [4.78, 5) is 24.3. The highest BCUT2D eigenvalue weighted by Crippen LogP contribution is 2.34. The maximum Gasteiger partial charge on any atom is 0.408 e. The van der Waals surface area contributed by atoms with E-state index in [0.717, 1.165) is 24.0 Å². The maximum absolute atomic E-state index is 12.4. The van der Waals surface area contributed by atoms with Crippen molar-refractivity contribution in [2.75, 3.05) is 20.2 Å². The van der Waals surface area contributed by atoms with Crippen LogP contribution in [-0.2, 0) is 9.53 Å². The van der Waals surface area contributed by atoms with Gasteiger partial charge < -0.3 is 24.8 Å². The molecule has 0 bridgehead atoms. The van der Waals surface area contributed by atoms with Gasteiger partial charge in [-0.05, 0) is 76.3 Å². The van der Waals surface area contributed by atoms with Crippen LogP contribution in [0.4, 0.5) is 4.79 Å². The number of rotatable bonds is 8. The largest absolute Gasteiger partial charge is 0.493 e. The molecule has 0 spiro atoms. The van der Waals surface area contributed by atoms with Gasteiger partial charge in [-0.15, -0.1) is 0 Å². The number of hydrogen-bond acceptors (Lipinski definition) is 5. The van der Waals surface area contributed by atoms with Crippen LogP contribution in [0.2, 0.25) is 0 Å². The summed E-state index contributed by atoms with van der Waals surface area (Å²) >= 11 is 0. The van der Waals surface area contributed by atoms with Gasteiger partial charge in [-0.2, -0.15) is 0 Å². The van der Waals surface area contributed by atoms with Gasteiger partial charge in [-0.1, -0.05) is 36.1 Å². The summed E-state index contributed by atoms with van der Waals surface area (Å²) in [6, 6.07) is 15.5. The van der Waals surface area contributed by atoms with Gasteiger partial charge in [0.05, 0.1) is 25.7 Å². The van der Waals surface area contributed by atoms with Crippen molar-refractivity contribution < 1.29 is 23.8 Å². The fraction of sp³-hybridized carbons (Fsp3) is 0.448. The van der Waals surface area contributed by atoms with Gasteiger partial charge in [0, 0.05) is 12.1 Å². The fourth-order valence-electron chi connectivity index (χ4n) is 3.88. The summed E-state index contributed by atoms with van der Waals surface area (Å²) in [7, 11) is 1.63. The average molecular weight is 493 g/mol. The Morgan fingerprint density at radius 1 is 1.03 bits per heavy atom. The summed E-state index contributed by atoms with van der Waals surface area (Å²) in [6.07, 6.45) is 3.95. The third-order valence-corrected chi connectivity index (χ3v) is 5.65. The van der Waals surface area contributed by atoms with Crippen LogP contribution in [0.1, 0.15) is 63.5 Å². The Hall–Kier alpha value is -3.66. The number of nitrogens with one attached hydrogen (secondary N) is 2. The number of carbonyl (C=O) groups is 2. The van der Waals surface area contributed by atoms with E-state index in [1.807, 2.05) is 48.5 Å². The second kappa shape index (κ2) is 12.9. The molecule has 3 rings (SSSR count). The quantitative estimate of drug-likeness (QED) is 0.518. The molecule has 7 nitrogen and oxygen atoms in total. The molecule has 1 atom stereocenters. The van der Waals surface area contributed by atoms with Crippen molar-refractivity contribution in [3.63, 3.8) is 0 Å². The molecule has 0 aliphatic heterocycles. The van der Waals surface area contributed by atoms with Crippen molar-refractivity contribution in [2.45, 2.75) is 64.1 Å². The van der Waals surface area contributed by atoms with Crippen LogP contribution in [0.5, 0.6) is 11.5 Å². The highest BCUT2D eigenvalue weighted by molar-refractivity contribution is 5.82. The van der Waals surface area contributed by atoms with Gasteiger partial charge in [0.15, 0.2) is 11.5 Å². The highest BCUT2D eigenvalue weighted by Gasteiger charge is 2.21. The number of hydrogen-bond donors (Lipinski definition) is 2. The zero-order valence-electron chi connectivity index (χ0n) is 21.6. The molecule has 1 aliphatic rings. The van der Waals surface area contributed by atoms with Crippen molar-refractivity contribution in [1.29, 1.82) is 0 Å². The van der Waals surface area contributed by atoms with E-state index in [9.17, 15) is 9.59 Å². The number of benzene rings is 2. The van der Waals surface area contributed by atoms with Crippen molar-refractivity contribution >= 4 is 12.0 Å². The lowest BCUT2D eigenvalue weighted by atomic mass is 9.98. The molecule has 1 saturated carbocycles. The van der Waals surface area contributed by atoms with Crippen LogP contribution in [0.3, 0.4) is 0 Å². The first kappa shape index (κ1) is 26.9. The highest BCUT2D eigenvalue weighted by atomic mass is 16.6. The Kier molecular flexibility index (Phi) is 9.63. The SMILES string of the molecule is COc1ccc(C(C#Cc2ccccc2)CNC(=O)CNC(=O)OC(C)(C)C)cc1OC1CCCC1. The summed E-state index contributed by atoms with van der Waals surface area (Å²) in [6.45, 7) is 5.38. The molecule has 2 N–H and O–H groups in total. The average Bonchev–Trinajstić information content (AvgIpc) is 3.35. The van der Waals surface area contributed by atoms with E-state index in [1.165, 1.54) is 12.8 Å². The second-order valence-corrected chi connectivity index (χ2v) is 9.78. The van der Waals surface area contributed by atoms with Crippen LogP contribution >= 0.6 is 0 Å². The van der Waals surface area contributed by atoms with E-state index < -0.39 is 11.7 Å². The van der Waals surface area contributed by atoms with Crippen molar-refractivity contribution in [3.8, 4) is 23.3 Å². The Morgan fingerprint density at radius 2 is 1.75 bits per heavy atom. The minimum atomic E-state index is -0.637. The molecule has 192 valence electrons. The normalized spacial score (nSPS) is 14.2. The maximum atomic E-state index is 12.4. The molecule has 7 heteroatoms. The van der Waals surface area contributed by atoms with E-state index >= 15 is 0 Å². The predicted molar refractivity (Wildman–Crippen MR) is 139 cm³/mol. The Labute approximate surface area is 213 Å². The van der Waals surface area contributed by atoms with E-state index in [1.54, 1.807) is 27.9 Å². The van der Waals surface area contributed by atoms with Gasteiger partial charge in [-0.25, -0.2) is 4.79 Å². The molecule has 2 aromatic carbocycles. The molecule has 1 unspecified atom stereocenters. The molecular weight excluding hydrogens is 456 g/mol. The first-order valence-corrected chi connectivity index (χ1v) is 12.4. The topological polar surface area (TPSA) is 85.9 Å². The van der Waals surface area contributed by atoms with Crippen LogP contribution in [0.25, 0.3) is 0 Å². The zero-order valence-corrected chi connectivity index (χ0v) is 21.6. The van der Waals surface area contributed by atoms with Crippen molar-refractivity contribution in [3.05, 3.63) is 59.7 Å². The predicted octanol–water partition coefficient (Wildman–Crippen LogP) is 4.79.